The van der Waals surface area contributed by atoms with E-state index in [1.165, 1.54) is 18.4 Å². The fourth-order valence-electron chi connectivity index (χ4n) is 2.58. The monoisotopic (exact) mass is 235 g/mol. The molecule has 0 aromatic heterocycles. The zero-order valence-corrected chi connectivity index (χ0v) is 10.8. The average Bonchev–Trinajstić information content (AvgIpc) is 2.71. The van der Waals surface area contributed by atoms with E-state index in [9.17, 15) is 4.39 Å². The van der Waals surface area contributed by atoms with Crippen LogP contribution in [-0.2, 0) is 12.8 Å². The van der Waals surface area contributed by atoms with Crippen LogP contribution in [0.2, 0.25) is 0 Å². The predicted molar refractivity (Wildman–Crippen MR) is 70.1 cm³/mol. The van der Waals surface area contributed by atoms with E-state index >= 15 is 0 Å². The Morgan fingerprint density at radius 2 is 2.00 bits per heavy atom. The summed E-state index contributed by atoms with van der Waals surface area (Å²) in [5, 5.41) is 3.50. The van der Waals surface area contributed by atoms with E-state index in [1.807, 2.05) is 6.07 Å². The zero-order valence-electron chi connectivity index (χ0n) is 10.8. The third-order valence-electron chi connectivity index (χ3n) is 3.36. The highest BCUT2D eigenvalue weighted by Gasteiger charge is 2.20. The Morgan fingerprint density at radius 1 is 1.29 bits per heavy atom. The number of hydrogen-bond acceptors (Lipinski definition) is 1. The fraction of sp³-hybridized carbons (Fsp3) is 0.600. The van der Waals surface area contributed by atoms with E-state index in [0.717, 1.165) is 18.5 Å². The molecule has 0 spiro atoms. The summed E-state index contributed by atoms with van der Waals surface area (Å²) < 4.78 is 13.8. The number of rotatable bonds is 4. The van der Waals surface area contributed by atoms with E-state index < -0.39 is 5.67 Å². The van der Waals surface area contributed by atoms with E-state index in [1.54, 1.807) is 13.8 Å². The lowest BCUT2D eigenvalue weighted by Crippen LogP contribution is -2.25. The molecule has 1 fully saturated rings. The first kappa shape index (κ1) is 12.6. The van der Waals surface area contributed by atoms with Gasteiger partial charge in [0, 0.05) is 12.5 Å². The summed E-state index contributed by atoms with van der Waals surface area (Å²) in [6.45, 7) is 4.43. The van der Waals surface area contributed by atoms with Crippen LogP contribution in [0.1, 0.15) is 37.8 Å². The van der Waals surface area contributed by atoms with Crippen LogP contribution < -0.4 is 5.32 Å². The smallest absolute Gasteiger partial charge is 0.109 e. The molecule has 1 nitrogen and oxygen atoms in total. The zero-order chi connectivity index (χ0) is 12.3. The molecule has 94 valence electrons. The molecule has 1 saturated heterocycles. The quantitative estimate of drug-likeness (QED) is 0.844. The first-order valence-electron chi connectivity index (χ1n) is 6.54. The van der Waals surface area contributed by atoms with Gasteiger partial charge in [-0.25, -0.2) is 4.39 Å². The van der Waals surface area contributed by atoms with Crippen molar-refractivity contribution in [3.8, 4) is 0 Å². The standard InChI is InChI=1S/C15H22FN/c1-15(2,16)11-13-7-4-3-6-12(13)10-14-8-5-9-17-14/h3-4,6-7,14,17H,5,8-11H2,1-2H3. The summed E-state index contributed by atoms with van der Waals surface area (Å²) in [5.41, 5.74) is 1.34. The van der Waals surface area contributed by atoms with Crippen LogP contribution in [0.3, 0.4) is 0 Å². The van der Waals surface area contributed by atoms with Crippen molar-refractivity contribution in [2.75, 3.05) is 6.54 Å². The van der Waals surface area contributed by atoms with Gasteiger partial charge >= 0.3 is 0 Å². The molecule has 0 radical (unpaired) electrons. The van der Waals surface area contributed by atoms with E-state index in [-0.39, 0.29) is 0 Å². The lowest BCUT2D eigenvalue weighted by molar-refractivity contribution is 0.216. The molecular weight excluding hydrogens is 213 g/mol. The molecule has 0 saturated carbocycles. The minimum absolute atomic E-state index is 0.510. The van der Waals surface area contributed by atoms with Crippen LogP contribution in [-0.4, -0.2) is 18.3 Å². The third-order valence-corrected chi connectivity index (χ3v) is 3.36. The summed E-state index contributed by atoms with van der Waals surface area (Å²) in [7, 11) is 0. The van der Waals surface area contributed by atoms with Gasteiger partial charge in [-0.15, -0.1) is 0 Å². The molecule has 1 unspecified atom stereocenters. The van der Waals surface area contributed by atoms with Gasteiger partial charge in [-0.2, -0.15) is 0 Å². The highest BCUT2D eigenvalue weighted by atomic mass is 19.1. The molecule has 1 N–H and O–H groups in total. The molecule has 0 amide bonds. The van der Waals surface area contributed by atoms with Crippen LogP contribution >= 0.6 is 0 Å². The molecule has 1 atom stereocenters. The second-order valence-electron chi connectivity index (χ2n) is 5.66. The number of nitrogens with one attached hydrogen (secondary N) is 1. The van der Waals surface area contributed by atoms with Crippen molar-refractivity contribution < 1.29 is 4.39 Å². The molecule has 1 heterocycles. The molecule has 0 aliphatic carbocycles. The van der Waals surface area contributed by atoms with Gasteiger partial charge in [0.25, 0.3) is 0 Å². The normalized spacial score (nSPS) is 20.8. The molecule has 1 aromatic rings. The fourth-order valence-corrected chi connectivity index (χ4v) is 2.58. The number of alkyl halides is 1. The molecular formula is C15H22FN. The Morgan fingerprint density at radius 3 is 2.59 bits per heavy atom. The highest BCUT2D eigenvalue weighted by Crippen LogP contribution is 2.22. The molecule has 1 aliphatic heterocycles. The Hall–Kier alpha value is -0.890. The predicted octanol–water partition coefficient (Wildman–Crippen LogP) is 3.27. The summed E-state index contributed by atoms with van der Waals surface area (Å²) >= 11 is 0. The van der Waals surface area contributed by atoms with Crippen molar-refractivity contribution in [3.63, 3.8) is 0 Å². The first-order valence-corrected chi connectivity index (χ1v) is 6.54. The van der Waals surface area contributed by atoms with Gasteiger partial charge in [0.15, 0.2) is 0 Å². The molecule has 2 rings (SSSR count). The number of hydrogen-bond donors (Lipinski definition) is 1. The topological polar surface area (TPSA) is 12.0 Å². The van der Waals surface area contributed by atoms with E-state index in [4.69, 9.17) is 0 Å². The molecule has 0 bridgehead atoms. The second-order valence-corrected chi connectivity index (χ2v) is 5.66. The van der Waals surface area contributed by atoms with Crippen LogP contribution in [0.25, 0.3) is 0 Å². The maximum atomic E-state index is 13.8. The Labute approximate surface area is 103 Å². The summed E-state index contributed by atoms with van der Waals surface area (Å²) in [6, 6.07) is 8.84. The van der Waals surface area contributed by atoms with Gasteiger partial charge in [0.2, 0.25) is 0 Å². The highest BCUT2D eigenvalue weighted by molar-refractivity contribution is 5.29. The molecule has 1 aromatic carbocycles. The van der Waals surface area contributed by atoms with Crippen LogP contribution in [0.5, 0.6) is 0 Å². The van der Waals surface area contributed by atoms with Crippen molar-refractivity contribution in [3.05, 3.63) is 35.4 Å². The lowest BCUT2D eigenvalue weighted by Gasteiger charge is -2.19. The molecule has 2 heteroatoms. The largest absolute Gasteiger partial charge is 0.314 e. The van der Waals surface area contributed by atoms with Crippen LogP contribution in [0.4, 0.5) is 4.39 Å². The summed E-state index contributed by atoms with van der Waals surface area (Å²) in [6.07, 6.45) is 4.05. The van der Waals surface area contributed by atoms with Gasteiger partial charge < -0.3 is 5.32 Å². The van der Waals surface area contributed by atoms with Crippen LogP contribution in [0.15, 0.2) is 24.3 Å². The van der Waals surface area contributed by atoms with Gasteiger partial charge in [-0.05, 0) is 50.8 Å². The van der Waals surface area contributed by atoms with Crippen molar-refractivity contribution >= 4 is 0 Å². The van der Waals surface area contributed by atoms with Gasteiger partial charge in [-0.3, -0.25) is 0 Å². The summed E-state index contributed by atoms with van der Waals surface area (Å²) in [5.74, 6) is 0. The Bertz CT molecular complexity index is 361. The van der Waals surface area contributed by atoms with Gasteiger partial charge in [0.1, 0.15) is 5.67 Å². The van der Waals surface area contributed by atoms with Crippen molar-refractivity contribution in [1.29, 1.82) is 0 Å². The van der Waals surface area contributed by atoms with E-state index in [2.05, 4.69) is 23.5 Å². The van der Waals surface area contributed by atoms with Crippen molar-refractivity contribution in [2.45, 2.75) is 51.2 Å². The maximum Gasteiger partial charge on any atom is 0.109 e. The summed E-state index contributed by atoms with van der Waals surface area (Å²) in [4.78, 5) is 0. The second kappa shape index (κ2) is 5.18. The average molecular weight is 235 g/mol. The van der Waals surface area contributed by atoms with Crippen molar-refractivity contribution in [2.24, 2.45) is 0 Å². The van der Waals surface area contributed by atoms with E-state index in [0.29, 0.717) is 12.5 Å². The first-order chi connectivity index (χ1) is 8.04. The third kappa shape index (κ3) is 3.81. The van der Waals surface area contributed by atoms with Gasteiger partial charge in [0.05, 0.1) is 0 Å². The van der Waals surface area contributed by atoms with Crippen molar-refractivity contribution in [1.82, 2.24) is 5.32 Å². The minimum atomic E-state index is -1.13. The molecule has 17 heavy (non-hydrogen) atoms. The van der Waals surface area contributed by atoms with Gasteiger partial charge in [-0.1, -0.05) is 24.3 Å². The SMILES string of the molecule is CC(C)(F)Cc1ccccc1CC1CCCN1. The van der Waals surface area contributed by atoms with Crippen LogP contribution in [0, 0.1) is 0 Å². The molecule has 1 aliphatic rings. The number of benzene rings is 1. The Balaban J connectivity index is 2.09. The lowest BCUT2D eigenvalue weighted by atomic mass is 9.92. The number of halogens is 1. The maximum absolute atomic E-state index is 13.8. The minimum Gasteiger partial charge on any atom is -0.314 e. The Kier molecular flexibility index (Phi) is 3.82.